The van der Waals surface area contributed by atoms with Crippen molar-refractivity contribution in [3.63, 3.8) is 0 Å². The van der Waals surface area contributed by atoms with E-state index >= 15 is 0 Å². The second-order valence-electron chi connectivity index (χ2n) is 22.3. The van der Waals surface area contributed by atoms with E-state index in [1.165, 1.54) is 119 Å². The summed E-state index contributed by atoms with van der Waals surface area (Å²) in [6, 6.07) is 40.5. The highest BCUT2D eigenvalue weighted by atomic mass is 16.5. The van der Waals surface area contributed by atoms with E-state index in [4.69, 9.17) is 4.74 Å². The molecule has 12 rings (SSSR count). The topological polar surface area (TPSA) is 12.5 Å². The van der Waals surface area contributed by atoms with E-state index in [1.807, 2.05) is 0 Å². The van der Waals surface area contributed by atoms with Gasteiger partial charge in [-0.2, -0.15) is 0 Å². The number of para-hydroxylation sites is 1. The van der Waals surface area contributed by atoms with Crippen molar-refractivity contribution in [2.45, 2.75) is 140 Å². The monoisotopic (exact) mass is 765 g/mol. The molecule has 0 amide bonds. The lowest BCUT2D eigenvalue weighted by atomic mass is 9.41. The molecule has 0 unspecified atom stereocenters. The summed E-state index contributed by atoms with van der Waals surface area (Å²) in [5.41, 5.74) is 15.5. The molecular formula is C56H63NO. The minimum absolute atomic E-state index is 0.0205. The standard InChI is InChI=1S/C56H63NO/c1-52(2)22-24-54(5,6)46-31-40(18-20-43(46)52)57(41-19-21-44-47(32-41)55(7,8)25-23-53(44,3)4)49-34-51-48(33-42(49)37-14-10-9-11-15-37)56(45-16-12-13-17-50(45)58-51)38-27-35-26-36(29-38)30-39(56)28-35/h9-21,31-36,38-39H,22-30H2,1-8H3. The van der Waals surface area contributed by atoms with E-state index in [-0.39, 0.29) is 27.1 Å². The fraction of sp³-hybridized carbons (Fsp3) is 0.464. The average Bonchev–Trinajstić information content (AvgIpc) is 3.20. The summed E-state index contributed by atoms with van der Waals surface area (Å²) in [7, 11) is 0. The molecule has 0 radical (unpaired) electrons. The zero-order valence-electron chi connectivity index (χ0n) is 36.3. The quantitative estimate of drug-likeness (QED) is 0.181. The number of fused-ring (bicyclic) bond motifs is 4. The summed E-state index contributed by atoms with van der Waals surface area (Å²) in [5, 5.41) is 0. The number of anilines is 3. The van der Waals surface area contributed by atoms with Crippen LogP contribution in [0.25, 0.3) is 11.1 Å². The molecule has 4 saturated carbocycles. The van der Waals surface area contributed by atoms with Gasteiger partial charge in [0.2, 0.25) is 0 Å². The van der Waals surface area contributed by atoms with Crippen molar-refractivity contribution in [2.75, 3.05) is 4.90 Å². The molecule has 2 nitrogen and oxygen atoms in total. The van der Waals surface area contributed by atoms with Crippen molar-refractivity contribution >= 4 is 17.1 Å². The van der Waals surface area contributed by atoms with Gasteiger partial charge in [0.1, 0.15) is 11.5 Å². The van der Waals surface area contributed by atoms with E-state index in [1.54, 1.807) is 0 Å². The Morgan fingerprint density at radius 2 is 0.948 bits per heavy atom. The SMILES string of the molecule is CC1(C)CCC(C)(C)c2cc(N(c3ccc4c(c3)C(C)(C)CCC4(C)C)c3cc4c(cc3-c3ccccc3)C3(c5ccccc5O4)C4CC5CC(C4)CC3C5)ccc21. The lowest BCUT2D eigenvalue weighted by molar-refractivity contribution is -0.0452. The molecule has 2 heteroatoms. The molecule has 1 aliphatic heterocycles. The summed E-state index contributed by atoms with van der Waals surface area (Å²) in [6.45, 7) is 19.6. The Hall–Kier alpha value is -4.30. The van der Waals surface area contributed by atoms with E-state index in [9.17, 15) is 0 Å². The fourth-order valence-electron chi connectivity index (χ4n) is 13.8. The second-order valence-corrected chi connectivity index (χ2v) is 22.3. The summed E-state index contributed by atoms with van der Waals surface area (Å²) >= 11 is 0. The first-order chi connectivity index (χ1) is 27.7. The van der Waals surface area contributed by atoms with Crippen LogP contribution in [0.2, 0.25) is 0 Å². The summed E-state index contributed by atoms with van der Waals surface area (Å²) < 4.78 is 7.24. The first kappa shape index (κ1) is 36.8. The molecule has 58 heavy (non-hydrogen) atoms. The molecule has 1 spiro atoms. The molecule has 0 atom stereocenters. The third-order valence-electron chi connectivity index (χ3n) is 17.0. The highest BCUT2D eigenvalue weighted by Crippen LogP contribution is 2.69. The van der Waals surface area contributed by atoms with Crippen molar-refractivity contribution in [3.8, 4) is 22.6 Å². The molecule has 7 aliphatic rings. The van der Waals surface area contributed by atoms with Gasteiger partial charge in [0.15, 0.2) is 0 Å². The van der Waals surface area contributed by atoms with Crippen LogP contribution in [0.3, 0.4) is 0 Å². The second kappa shape index (κ2) is 12.4. The van der Waals surface area contributed by atoms with Gasteiger partial charge < -0.3 is 9.64 Å². The average molecular weight is 766 g/mol. The molecule has 1 heterocycles. The zero-order chi connectivity index (χ0) is 40.0. The van der Waals surface area contributed by atoms with Gasteiger partial charge in [-0.15, -0.1) is 0 Å². The van der Waals surface area contributed by atoms with Crippen LogP contribution in [0.4, 0.5) is 17.1 Å². The van der Waals surface area contributed by atoms with Crippen molar-refractivity contribution in [1.82, 2.24) is 0 Å². The normalized spacial score (nSPS) is 28.5. The smallest absolute Gasteiger partial charge is 0.133 e. The van der Waals surface area contributed by atoms with Crippen LogP contribution < -0.4 is 9.64 Å². The maximum Gasteiger partial charge on any atom is 0.133 e. The Balaban J connectivity index is 1.20. The van der Waals surface area contributed by atoms with Gasteiger partial charge >= 0.3 is 0 Å². The van der Waals surface area contributed by atoms with E-state index in [2.05, 4.69) is 163 Å². The number of nitrogens with zero attached hydrogens (tertiary/aromatic N) is 1. The Morgan fingerprint density at radius 3 is 1.50 bits per heavy atom. The molecule has 4 bridgehead atoms. The molecule has 5 aromatic rings. The van der Waals surface area contributed by atoms with Crippen molar-refractivity contribution in [2.24, 2.45) is 23.7 Å². The van der Waals surface area contributed by atoms with Gasteiger partial charge in [-0.1, -0.05) is 116 Å². The zero-order valence-corrected chi connectivity index (χ0v) is 36.3. The van der Waals surface area contributed by atoms with Gasteiger partial charge in [0.05, 0.1) is 5.69 Å². The fourth-order valence-corrected chi connectivity index (χ4v) is 13.8. The van der Waals surface area contributed by atoms with Gasteiger partial charge in [0, 0.05) is 39.5 Å². The number of ether oxygens (including phenoxy) is 1. The van der Waals surface area contributed by atoms with Gasteiger partial charge in [-0.3, -0.25) is 0 Å². The summed E-state index contributed by atoms with van der Waals surface area (Å²) in [4.78, 5) is 2.62. The Labute approximate surface area is 348 Å². The van der Waals surface area contributed by atoms with Crippen LogP contribution in [-0.2, 0) is 27.1 Å². The third kappa shape index (κ3) is 5.28. The van der Waals surface area contributed by atoms with Gasteiger partial charge in [-0.25, -0.2) is 0 Å². The van der Waals surface area contributed by atoms with Crippen molar-refractivity contribution < 1.29 is 4.74 Å². The Kier molecular flexibility index (Phi) is 7.84. The Bertz CT molecular complexity index is 2350. The molecule has 0 N–H and O–H groups in total. The number of rotatable bonds is 4. The molecular weight excluding hydrogens is 703 g/mol. The first-order valence-corrected chi connectivity index (χ1v) is 22.8. The molecule has 0 aromatic heterocycles. The molecule has 5 aromatic carbocycles. The van der Waals surface area contributed by atoms with Crippen LogP contribution in [0.15, 0.2) is 103 Å². The van der Waals surface area contributed by atoms with Crippen LogP contribution in [0.1, 0.15) is 147 Å². The van der Waals surface area contributed by atoms with Gasteiger partial charge in [-0.05, 0) is 167 Å². The van der Waals surface area contributed by atoms with Crippen LogP contribution in [0, 0.1) is 23.7 Å². The lowest BCUT2D eigenvalue weighted by Gasteiger charge is -2.63. The van der Waals surface area contributed by atoms with Crippen molar-refractivity contribution in [3.05, 3.63) is 137 Å². The molecule has 6 aliphatic carbocycles. The highest BCUT2D eigenvalue weighted by Gasteiger charge is 2.61. The van der Waals surface area contributed by atoms with Crippen LogP contribution >= 0.6 is 0 Å². The highest BCUT2D eigenvalue weighted by molar-refractivity contribution is 5.91. The minimum Gasteiger partial charge on any atom is -0.457 e. The minimum atomic E-state index is -0.0205. The number of hydrogen-bond donors (Lipinski definition) is 0. The Morgan fingerprint density at radius 1 is 0.448 bits per heavy atom. The largest absolute Gasteiger partial charge is 0.457 e. The maximum atomic E-state index is 7.24. The molecule has 4 fully saturated rings. The maximum absolute atomic E-state index is 7.24. The predicted octanol–water partition coefficient (Wildman–Crippen LogP) is 15.4. The van der Waals surface area contributed by atoms with Crippen LogP contribution in [-0.4, -0.2) is 0 Å². The van der Waals surface area contributed by atoms with Gasteiger partial charge in [0.25, 0.3) is 0 Å². The lowest BCUT2D eigenvalue weighted by Crippen LogP contribution is -2.57. The molecule has 298 valence electrons. The summed E-state index contributed by atoms with van der Waals surface area (Å²) in [6.07, 6.45) is 11.6. The predicted molar refractivity (Wildman–Crippen MR) is 241 cm³/mol. The molecule has 0 saturated heterocycles. The number of benzene rings is 5. The van der Waals surface area contributed by atoms with E-state index in [0.29, 0.717) is 11.8 Å². The van der Waals surface area contributed by atoms with Crippen molar-refractivity contribution in [1.29, 1.82) is 0 Å². The number of hydrogen-bond acceptors (Lipinski definition) is 2. The first-order valence-electron chi connectivity index (χ1n) is 22.8. The summed E-state index contributed by atoms with van der Waals surface area (Å²) in [5.74, 6) is 5.19. The van der Waals surface area contributed by atoms with Crippen LogP contribution in [0.5, 0.6) is 11.5 Å². The van der Waals surface area contributed by atoms with E-state index in [0.717, 1.165) is 23.3 Å². The van der Waals surface area contributed by atoms with E-state index < -0.39 is 0 Å². The third-order valence-corrected chi connectivity index (χ3v) is 17.0.